The van der Waals surface area contributed by atoms with Gasteiger partial charge in [-0.3, -0.25) is 4.90 Å². The van der Waals surface area contributed by atoms with Crippen LogP contribution in [-0.2, 0) is 19.6 Å². The molecule has 3 heteroatoms. The zero-order valence-electron chi connectivity index (χ0n) is 10.1. The second-order valence-corrected chi connectivity index (χ2v) is 5.24. The number of nitrogens with two attached hydrogens (primary N) is 1. The van der Waals surface area contributed by atoms with Gasteiger partial charge < -0.3 is 5.73 Å². The lowest BCUT2D eigenvalue weighted by atomic mass is 10.1. The first-order chi connectivity index (χ1) is 8.70. The third kappa shape index (κ3) is 2.35. The molecule has 1 aliphatic rings. The summed E-state index contributed by atoms with van der Waals surface area (Å²) >= 11 is 6.02. The quantitative estimate of drug-likeness (QED) is 0.836. The Labute approximate surface area is 112 Å². The number of hydrogen-bond donors (Lipinski definition) is 1. The molecule has 0 aliphatic carbocycles. The molecule has 0 atom stereocenters. The van der Waals surface area contributed by atoms with Crippen molar-refractivity contribution in [3.05, 3.63) is 64.2 Å². The number of hydrogen-bond acceptors (Lipinski definition) is 2. The summed E-state index contributed by atoms with van der Waals surface area (Å²) in [5, 5.41) is 0.822. The molecule has 3 rings (SSSR count). The van der Waals surface area contributed by atoms with E-state index in [9.17, 15) is 0 Å². The Kier molecular flexibility index (Phi) is 2.98. The highest BCUT2D eigenvalue weighted by molar-refractivity contribution is 6.30. The summed E-state index contributed by atoms with van der Waals surface area (Å²) in [5.41, 5.74) is 10.5. The van der Waals surface area contributed by atoms with Crippen LogP contribution in [0, 0.1) is 0 Å². The van der Waals surface area contributed by atoms with Crippen molar-refractivity contribution in [3.8, 4) is 0 Å². The van der Waals surface area contributed by atoms with E-state index < -0.39 is 0 Å². The minimum absolute atomic E-state index is 0.815. The van der Waals surface area contributed by atoms with Gasteiger partial charge in [0.05, 0.1) is 0 Å². The van der Waals surface area contributed by atoms with Crippen molar-refractivity contribution in [2.24, 2.45) is 0 Å². The second kappa shape index (κ2) is 4.63. The van der Waals surface area contributed by atoms with Gasteiger partial charge in [0, 0.05) is 30.3 Å². The molecule has 18 heavy (non-hydrogen) atoms. The number of nitrogen functional groups attached to an aromatic ring is 1. The van der Waals surface area contributed by atoms with Crippen LogP contribution < -0.4 is 5.73 Å². The molecule has 1 heterocycles. The highest BCUT2D eigenvalue weighted by Crippen LogP contribution is 2.26. The molecule has 2 aromatic rings. The Balaban J connectivity index is 1.72. The summed E-state index contributed by atoms with van der Waals surface area (Å²) in [6.45, 7) is 2.92. The molecule has 2 N–H and O–H groups in total. The fourth-order valence-electron chi connectivity index (χ4n) is 2.43. The van der Waals surface area contributed by atoms with E-state index in [0.29, 0.717) is 0 Å². The Bertz CT molecular complexity index is 563. The first-order valence-corrected chi connectivity index (χ1v) is 6.42. The van der Waals surface area contributed by atoms with Gasteiger partial charge in [-0.05, 0) is 41.0 Å². The molecule has 0 fully saturated rings. The standard InChI is InChI=1S/C15H15ClN2/c16-14-4-3-12-9-18(10-13(12)7-14)8-11-1-5-15(17)6-2-11/h1-7H,8-10,17H2. The molecule has 2 aromatic carbocycles. The van der Waals surface area contributed by atoms with Crippen molar-refractivity contribution in [1.82, 2.24) is 4.90 Å². The Morgan fingerprint density at radius 1 is 1.00 bits per heavy atom. The van der Waals surface area contributed by atoms with E-state index in [1.165, 1.54) is 16.7 Å². The maximum Gasteiger partial charge on any atom is 0.0409 e. The molecule has 0 bridgehead atoms. The monoisotopic (exact) mass is 258 g/mol. The number of benzene rings is 2. The first-order valence-electron chi connectivity index (χ1n) is 6.05. The average molecular weight is 259 g/mol. The van der Waals surface area contributed by atoms with Crippen molar-refractivity contribution in [2.75, 3.05) is 5.73 Å². The zero-order valence-corrected chi connectivity index (χ0v) is 10.8. The Hall–Kier alpha value is -1.51. The summed E-state index contributed by atoms with van der Waals surface area (Å²) in [4.78, 5) is 2.41. The maximum absolute atomic E-state index is 6.02. The predicted octanol–water partition coefficient (Wildman–Crippen LogP) is 3.44. The first kappa shape index (κ1) is 11.6. The van der Waals surface area contributed by atoms with Crippen LogP contribution in [0.4, 0.5) is 5.69 Å². The van der Waals surface area contributed by atoms with E-state index in [4.69, 9.17) is 17.3 Å². The van der Waals surface area contributed by atoms with Crippen LogP contribution in [0.2, 0.25) is 5.02 Å². The van der Waals surface area contributed by atoms with Crippen LogP contribution in [0.15, 0.2) is 42.5 Å². The van der Waals surface area contributed by atoms with Crippen molar-refractivity contribution in [3.63, 3.8) is 0 Å². The van der Waals surface area contributed by atoms with Crippen molar-refractivity contribution in [1.29, 1.82) is 0 Å². The van der Waals surface area contributed by atoms with E-state index in [1.54, 1.807) is 0 Å². The predicted molar refractivity (Wildman–Crippen MR) is 75.3 cm³/mol. The van der Waals surface area contributed by atoms with Crippen LogP contribution in [0.3, 0.4) is 0 Å². The van der Waals surface area contributed by atoms with Gasteiger partial charge in [-0.15, -0.1) is 0 Å². The van der Waals surface area contributed by atoms with Crippen LogP contribution in [-0.4, -0.2) is 4.90 Å². The van der Waals surface area contributed by atoms with E-state index >= 15 is 0 Å². The van der Waals surface area contributed by atoms with Gasteiger partial charge in [-0.25, -0.2) is 0 Å². The smallest absolute Gasteiger partial charge is 0.0409 e. The van der Waals surface area contributed by atoms with Gasteiger partial charge in [0.1, 0.15) is 0 Å². The molecule has 2 nitrogen and oxygen atoms in total. The van der Waals surface area contributed by atoms with E-state index in [1.807, 2.05) is 18.2 Å². The molecule has 0 unspecified atom stereocenters. The molecule has 0 amide bonds. The lowest BCUT2D eigenvalue weighted by Crippen LogP contribution is -2.15. The molecule has 92 valence electrons. The third-order valence-electron chi connectivity index (χ3n) is 3.34. The molecule has 0 saturated carbocycles. The molecule has 0 aromatic heterocycles. The summed E-state index contributed by atoms with van der Waals surface area (Å²) in [7, 11) is 0. The van der Waals surface area contributed by atoms with Crippen molar-refractivity contribution >= 4 is 17.3 Å². The summed E-state index contributed by atoms with van der Waals surface area (Å²) in [6.07, 6.45) is 0. The van der Waals surface area contributed by atoms with Crippen LogP contribution in [0.1, 0.15) is 16.7 Å². The van der Waals surface area contributed by atoms with E-state index in [2.05, 4.69) is 29.2 Å². The fourth-order valence-corrected chi connectivity index (χ4v) is 2.62. The van der Waals surface area contributed by atoms with Crippen LogP contribution in [0.25, 0.3) is 0 Å². The lowest BCUT2D eigenvalue weighted by molar-refractivity contribution is 0.275. The van der Waals surface area contributed by atoms with Gasteiger partial charge in [0.25, 0.3) is 0 Å². The van der Waals surface area contributed by atoms with Crippen molar-refractivity contribution in [2.45, 2.75) is 19.6 Å². The van der Waals surface area contributed by atoms with Gasteiger partial charge >= 0.3 is 0 Å². The SMILES string of the molecule is Nc1ccc(CN2Cc3ccc(Cl)cc3C2)cc1. The maximum atomic E-state index is 6.02. The Morgan fingerprint density at radius 3 is 2.50 bits per heavy atom. The van der Waals surface area contributed by atoms with Gasteiger partial charge in [0.15, 0.2) is 0 Å². The zero-order chi connectivity index (χ0) is 12.5. The van der Waals surface area contributed by atoms with Crippen molar-refractivity contribution < 1.29 is 0 Å². The van der Waals surface area contributed by atoms with Crippen LogP contribution in [0.5, 0.6) is 0 Å². The number of nitrogens with zero attached hydrogens (tertiary/aromatic N) is 1. The molecular formula is C15H15ClN2. The third-order valence-corrected chi connectivity index (χ3v) is 3.58. The average Bonchev–Trinajstić information content (AvgIpc) is 2.73. The topological polar surface area (TPSA) is 29.3 Å². The van der Waals surface area contributed by atoms with E-state index in [-0.39, 0.29) is 0 Å². The fraction of sp³-hybridized carbons (Fsp3) is 0.200. The molecular weight excluding hydrogens is 244 g/mol. The largest absolute Gasteiger partial charge is 0.399 e. The number of anilines is 1. The number of rotatable bonds is 2. The van der Waals surface area contributed by atoms with Gasteiger partial charge in [-0.1, -0.05) is 29.8 Å². The highest BCUT2D eigenvalue weighted by Gasteiger charge is 2.18. The minimum atomic E-state index is 0.815. The molecule has 0 saturated heterocycles. The highest BCUT2D eigenvalue weighted by atomic mass is 35.5. The van der Waals surface area contributed by atoms with E-state index in [0.717, 1.165) is 30.3 Å². The normalized spacial score (nSPS) is 14.7. The molecule has 0 radical (unpaired) electrons. The molecule has 1 aliphatic heterocycles. The molecule has 0 spiro atoms. The van der Waals surface area contributed by atoms with Gasteiger partial charge in [0.2, 0.25) is 0 Å². The minimum Gasteiger partial charge on any atom is -0.399 e. The van der Waals surface area contributed by atoms with Crippen LogP contribution >= 0.6 is 11.6 Å². The second-order valence-electron chi connectivity index (χ2n) is 4.80. The number of halogens is 1. The lowest BCUT2D eigenvalue weighted by Gasteiger charge is -2.14. The number of fused-ring (bicyclic) bond motifs is 1. The summed E-state index contributed by atoms with van der Waals surface area (Å²) in [5.74, 6) is 0. The summed E-state index contributed by atoms with van der Waals surface area (Å²) in [6, 6.07) is 14.2. The summed E-state index contributed by atoms with van der Waals surface area (Å²) < 4.78 is 0. The van der Waals surface area contributed by atoms with Gasteiger partial charge in [-0.2, -0.15) is 0 Å². The Morgan fingerprint density at radius 2 is 1.72 bits per heavy atom.